The Morgan fingerprint density at radius 1 is 1.15 bits per heavy atom. The second-order valence-corrected chi connectivity index (χ2v) is 10.3. The number of tetrazole rings is 1. The Hall–Kier alpha value is -2.54. The van der Waals surface area contributed by atoms with Crippen molar-refractivity contribution in [1.82, 2.24) is 30.1 Å². The molecule has 2 heterocycles. The Bertz CT molecular complexity index is 1170. The molecule has 7 heteroatoms. The van der Waals surface area contributed by atoms with Gasteiger partial charge in [0.25, 0.3) is 5.56 Å². The summed E-state index contributed by atoms with van der Waals surface area (Å²) in [5.74, 6) is 0.903. The highest BCUT2D eigenvalue weighted by molar-refractivity contribution is 5.80. The van der Waals surface area contributed by atoms with Crippen molar-refractivity contribution in [3.8, 4) is 0 Å². The van der Waals surface area contributed by atoms with E-state index in [1.165, 1.54) is 24.0 Å². The largest absolute Gasteiger partial charge is 0.322 e. The highest BCUT2D eigenvalue weighted by Crippen LogP contribution is 2.35. The molecule has 1 unspecified atom stereocenters. The van der Waals surface area contributed by atoms with Gasteiger partial charge in [-0.3, -0.25) is 9.69 Å². The number of nitrogens with zero attached hydrogens (tertiary/aromatic N) is 5. The average molecular weight is 451 g/mol. The molecule has 1 atom stereocenters. The summed E-state index contributed by atoms with van der Waals surface area (Å²) in [6.45, 7) is 13.5. The minimum absolute atomic E-state index is 0.00270. The number of hydrogen-bond donors (Lipinski definition) is 1. The zero-order chi connectivity index (χ0) is 23.8. The Balaban J connectivity index is 1.76. The van der Waals surface area contributed by atoms with Crippen LogP contribution in [0.4, 0.5) is 0 Å². The molecule has 1 aromatic carbocycles. The predicted molar refractivity (Wildman–Crippen MR) is 132 cm³/mol. The summed E-state index contributed by atoms with van der Waals surface area (Å²) in [5.41, 5.74) is 3.97. The monoisotopic (exact) mass is 450 g/mol. The zero-order valence-corrected chi connectivity index (χ0v) is 21.0. The topological polar surface area (TPSA) is 79.7 Å². The smallest absolute Gasteiger partial charge is 0.252 e. The van der Waals surface area contributed by atoms with Gasteiger partial charge in [-0.1, -0.05) is 26.7 Å². The van der Waals surface area contributed by atoms with Gasteiger partial charge in [0, 0.05) is 23.7 Å². The van der Waals surface area contributed by atoms with Crippen LogP contribution in [0.3, 0.4) is 0 Å². The molecule has 4 rings (SSSR count). The van der Waals surface area contributed by atoms with Crippen molar-refractivity contribution >= 4 is 10.9 Å². The number of hydrogen-bond acceptors (Lipinski definition) is 5. The summed E-state index contributed by atoms with van der Waals surface area (Å²) in [6.07, 6.45) is 6.59. The Labute approximate surface area is 196 Å². The first-order valence-corrected chi connectivity index (χ1v) is 12.4. The van der Waals surface area contributed by atoms with Crippen molar-refractivity contribution in [2.45, 2.75) is 104 Å². The van der Waals surface area contributed by atoms with Crippen LogP contribution >= 0.6 is 0 Å². The van der Waals surface area contributed by atoms with Crippen LogP contribution in [0, 0.1) is 13.8 Å². The van der Waals surface area contributed by atoms with E-state index >= 15 is 0 Å². The van der Waals surface area contributed by atoms with Crippen LogP contribution in [0.25, 0.3) is 10.9 Å². The van der Waals surface area contributed by atoms with Crippen LogP contribution in [-0.4, -0.2) is 36.1 Å². The molecule has 3 aromatic rings. The number of aromatic nitrogens is 5. The number of aromatic amines is 1. The van der Waals surface area contributed by atoms with E-state index < -0.39 is 0 Å². The highest BCUT2D eigenvalue weighted by atomic mass is 16.1. The molecule has 1 N–H and O–H groups in total. The summed E-state index contributed by atoms with van der Waals surface area (Å²) >= 11 is 0. The highest BCUT2D eigenvalue weighted by Gasteiger charge is 2.35. The van der Waals surface area contributed by atoms with E-state index in [1.54, 1.807) is 0 Å². The number of aryl methyl sites for hydroxylation is 2. The van der Waals surface area contributed by atoms with Gasteiger partial charge in [-0.25, -0.2) is 4.68 Å². The van der Waals surface area contributed by atoms with Gasteiger partial charge < -0.3 is 4.98 Å². The molecular weight excluding hydrogens is 412 g/mol. The van der Waals surface area contributed by atoms with Gasteiger partial charge in [-0.2, -0.15) is 0 Å². The maximum atomic E-state index is 13.1. The van der Waals surface area contributed by atoms with Crippen LogP contribution in [0.2, 0.25) is 0 Å². The van der Waals surface area contributed by atoms with Crippen LogP contribution in [0.15, 0.2) is 23.0 Å². The minimum Gasteiger partial charge on any atom is -0.322 e. The molecule has 7 nitrogen and oxygen atoms in total. The van der Waals surface area contributed by atoms with E-state index in [-0.39, 0.29) is 17.1 Å². The van der Waals surface area contributed by atoms with Crippen molar-refractivity contribution in [2.75, 3.05) is 0 Å². The van der Waals surface area contributed by atoms with Crippen LogP contribution in [0.5, 0.6) is 0 Å². The summed E-state index contributed by atoms with van der Waals surface area (Å²) < 4.78 is 2.00. The van der Waals surface area contributed by atoms with E-state index in [0.29, 0.717) is 12.6 Å². The minimum atomic E-state index is -0.163. The number of H-pyrrole nitrogens is 1. The fourth-order valence-corrected chi connectivity index (χ4v) is 5.11. The lowest BCUT2D eigenvalue weighted by Gasteiger charge is -2.36. The molecule has 0 aliphatic heterocycles. The SMILES string of the molecule is CCC(c1nnnn1C(C)(C)CC)N(Cc1cc2cc(C)c(C)cc2[nH]c1=O)C1CCCC1. The first kappa shape index (κ1) is 23.6. The second kappa shape index (κ2) is 9.37. The number of pyridine rings is 1. The van der Waals surface area contributed by atoms with Crippen molar-refractivity contribution in [1.29, 1.82) is 0 Å². The summed E-state index contributed by atoms with van der Waals surface area (Å²) in [5, 5.41) is 14.0. The fraction of sp³-hybridized carbons (Fsp3) is 0.615. The van der Waals surface area contributed by atoms with Crippen LogP contribution in [0.1, 0.15) is 94.8 Å². The van der Waals surface area contributed by atoms with E-state index in [1.807, 2.05) is 4.68 Å². The number of rotatable bonds is 8. The molecule has 1 saturated carbocycles. The lowest BCUT2D eigenvalue weighted by atomic mass is 10.00. The molecule has 0 radical (unpaired) electrons. The standard InChI is InChI=1S/C26H38N6O/c1-7-23(24-28-29-30-32(24)26(5,6)8-2)31(21-11-9-10-12-21)16-20-15-19-13-17(3)18(4)14-22(19)27-25(20)33/h13-15,21,23H,7-12,16H2,1-6H3,(H,27,33). The van der Waals surface area contributed by atoms with Gasteiger partial charge in [0.05, 0.1) is 11.6 Å². The third kappa shape index (κ3) is 4.60. The number of fused-ring (bicyclic) bond motifs is 1. The lowest BCUT2D eigenvalue weighted by molar-refractivity contribution is 0.106. The zero-order valence-electron chi connectivity index (χ0n) is 21.0. The molecule has 178 valence electrons. The molecule has 0 spiro atoms. The molecule has 1 fully saturated rings. The number of benzene rings is 1. The fourth-order valence-electron chi connectivity index (χ4n) is 5.11. The first-order chi connectivity index (χ1) is 15.7. The van der Waals surface area contributed by atoms with Crippen molar-refractivity contribution < 1.29 is 0 Å². The molecule has 2 aromatic heterocycles. The van der Waals surface area contributed by atoms with Gasteiger partial charge in [0.2, 0.25) is 0 Å². The number of nitrogens with one attached hydrogen (secondary N) is 1. The van der Waals surface area contributed by atoms with Crippen molar-refractivity contribution in [3.63, 3.8) is 0 Å². The third-order valence-corrected chi connectivity index (χ3v) is 7.70. The molecule has 0 saturated heterocycles. The maximum absolute atomic E-state index is 13.1. The summed E-state index contributed by atoms with van der Waals surface area (Å²) in [7, 11) is 0. The van der Waals surface area contributed by atoms with Gasteiger partial charge in [0.15, 0.2) is 5.82 Å². The van der Waals surface area contributed by atoms with Gasteiger partial charge in [-0.05, 0) is 98.5 Å². The van der Waals surface area contributed by atoms with E-state index in [2.05, 4.69) is 85.2 Å². The predicted octanol–water partition coefficient (Wildman–Crippen LogP) is 5.17. The second-order valence-electron chi connectivity index (χ2n) is 10.3. The Kier molecular flexibility index (Phi) is 6.71. The summed E-state index contributed by atoms with van der Waals surface area (Å²) in [6, 6.07) is 6.81. The van der Waals surface area contributed by atoms with Gasteiger partial charge in [-0.15, -0.1) is 5.10 Å². The maximum Gasteiger partial charge on any atom is 0.252 e. The lowest BCUT2D eigenvalue weighted by Crippen LogP contribution is -2.40. The Morgan fingerprint density at radius 2 is 1.85 bits per heavy atom. The first-order valence-electron chi connectivity index (χ1n) is 12.4. The van der Waals surface area contributed by atoms with Gasteiger partial charge >= 0.3 is 0 Å². The van der Waals surface area contributed by atoms with Crippen LogP contribution < -0.4 is 5.56 Å². The average Bonchev–Trinajstić information content (AvgIpc) is 3.48. The normalized spacial score (nSPS) is 16.2. The molecule has 1 aliphatic carbocycles. The third-order valence-electron chi connectivity index (χ3n) is 7.70. The molecule has 0 amide bonds. The van der Waals surface area contributed by atoms with Gasteiger partial charge in [0.1, 0.15) is 0 Å². The van der Waals surface area contributed by atoms with E-state index in [4.69, 9.17) is 0 Å². The van der Waals surface area contributed by atoms with Crippen molar-refractivity contribution in [2.24, 2.45) is 0 Å². The summed E-state index contributed by atoms with van der Waals surface area (Å²) in [4.78, 5) is 18.8. The molecular formula is C26H38N6O. The van der Waals surface area contributed by atoms with E-state index in [0.717, 1.165) is 48.0 Å². The van der Waals surface area contributed by atoms with E-state index in [9.17, 15) is 4.79 Å². The Morgan fingerprint density at radius 3 is 2.52 bits per heavy atom. The molecule has 1 aliphatic rings. The molecule has 33 heavy (non-hydrogen) atoms. The quantitative estimate of drug-likeness (QED) is 0.512. The molecule has 0 bridgehead atoms. The van der Waals surface area contributed by atoms with Crippen LogP contribution in [-0.2, 0) is 12.1 Å². The van der Waals surface area contributed by atoms with Crippen molar-refractivity contribution in [3.05, 3.63) is 51.1 Å².